The number of nitrogens with one attached hydrogen (secondary N) is 2. The van der Waals surface area contributed by atoms with Gasteiger partial charge in [-0.2, -0.15) is 0 Å². The Kier molecular flexibility index (Phi) is 9.93. The van der Waals surface area contributed by atoms with Crippen LogP contribution < -0.4 is 10.6 Å². The topological polar surface area (TPSA) is 93.7 Å². The van der Waals surface area contributed by atoms with E-state index in [0.29, 0.717) is 6.42 Å². The highest BCUT2D eigenvalue weighted by Gasteiger charge is 2.29. The molecule has 2 N–H and O–H groups in total. The van der Waals surface area contributed by atoms with Gasteiger partial charge in [-0.1, -0.05) is 63.9 Å². The lowest BCUT2D eigenvalue weighted by atomic mass is 10.0. The van der Waals surface area contributed by atoms with Crippen LogP contribution >= 0.6 is 0 Å². The second-order valence-corrected chi connectivity index (χ2v) is 6.65. The Morgan fingerprint density at radius 1 is 1.07 bits per heavy atom. The number of esters is 1. The predicted octanol–water partition coefficient (Wildman–Crippen LogP) is 2.79. The van der Waals surface area contributed by atoms with Crippen LogP contribution in [0.3, 0.4) is 0 Å². The number of carbonyl (C=O) groups excluding carboxylic acids is 3. The average Bonchev–Trinajstić information content (AvgIpc) is 2.67. The molecule has 2 amide bonds. The molecule has 1 aromatic rings. The molecule has 7 heteroatoms. The second-order valence-electron chi connectivity index (χ2n) is 6.65. The van der Waals surface area contributed by atoms with Crippen LogP contribution in [0.1, 0.15) is 45.6 Å². The summed E-state index contributed by atoms with van der Waals surface area (Å²) < 4.78 is 9.93. The number of hydrogen-bond acceptors (Lipinski definition) is 5. The summed E-state index contributed by atoms with van der Waals surface area (Å²) in [5, 5.41) is 5.27. The van der Waals surface area contributed by atoms with Gasteiger partial charge in [-0.25, -0.2) is 9.59 Å². The first-order valence-corrected chi connectivity index (χ1v) is 9.24. The lowest BCUT2D eigenvalue weighted by Crippen LogP contribution is -2.53. The van der Waals surface area contributed by atoms with Crippen LogP contribution in [0.2, 0.25) is 0 Å². The predicted molar refractivity (Wildman–Crippen MR) is 102 cm³/mol. The average molecular weight is 378 g/mol. The number of hydrogen-bond donors (Lipinski definition) is 2. The normalized spacial score (nSPS) is 12.8. The lowest BCUT2D eigenvalue weighted by Gasteiger charge is -2.24. The Morgan fingerprint density at radius 3 is 2.30 bits per heavy atom. The summed E-state index contributed by atoms with van der Waals surface area (Å²) in [4.78, 5) is 36.6. The minimum Gasteiger partial charge on any atom is -0.467 e. The molecule has 0 aliphatic heterocycles. The first-order valence-electron chi connectivity index (χ1n) is 9.24. The fraction of sp³-hybridized carbons (Fsp3) is 0.550. The zero-order valence-corrected chi connectivity index (χ0v) is 16.5. The largest absolute Gasteiger partial charge is 0.467 e. The molecule has 0 heterocycles. The number of benzene rings is 1. The molecule has 27 heavy (non-hydrogen) atoms. The van der Waals surface area contributed by atoms with Crippen molar-refractivity contribution in [3.63, 3.8) is 0 Å². The minimum absolute atomic E-state index is 0.117. The molecule has 0 fully saturated rings. The van der Waals surface area contributed by atoms with Crippen molar-refractivity contribution in [3.05, 3.63) is 35.9 Å². The van der Waals surface area contributed by atoms with Gasteiger partial charge in [0, 0.05) is 0 Å². The molecule has 0 saturated heterocycles. The molecular formula is C20H30N2O5. The van der Waals surface area contributed by atoms with E-state index in [1.54, 1.807) is 0 Å². The number of amides is 2. The Balaban J connectivity index is 2.68. The molecule has 7 nitrogen and oxygen atoms in total. The van der Waals surface area contributed by atoms with Gasteiger partial charge in [0.2, 0.25) is 5.91 Å². The molecule has 0 radical (unpaired) electrons. The van der Waals surface area contributed by atoms with Gasteiger partial charge in [0.05, 0.1) is 7.11 Å². The van der Waals surface area contributed by atoms with Gasteiger partial charge in [-0.15, -0.1) is 0 Å². The fourth-order valence-corrected chi connectivity index (χ4v) is 2.46. The van der Waals surface area contributed by atoms with E-state index >= 15 is 0 Å². The lowest BCUT2D eigenvalue weighted by molar-refractivity contribution is -0.146. The fourth-order valence-electron chi connectivity index (χ4n) is 2.46. The van der Waals surface area contributed by atoms with Crippen LogP contribution in [0.15, 0.2) is 30.3 Å². The Bertz CT molecular complexity index is 604. The van der Waals surface area contributed by atoms with Gasteiger partial charge in [-0.05, 0) is 17.9 Å². The number of rotatable bonds is 10. The number of alkyl carbamates (subject to hydrolysis) is 1. The van der Waals surface area contributed by atoms with Crippen molar-refractivity contribution in [3.8, 4) is 0 Å². The summed E-state index contributed by atoms with van der Waals surface area (Å²) in [6, 6.07) is 7.73. The van der Waals surface area contributed by atoms with Crippen LogP contribution in [0, 0.1) is 5.92 Å². The van der Waals surface area contributed by atoms with E-state index in [-0.39, 0.29) is 12.5 Å². The molecular weight excluding hydrogens is 348 g/mol. The first-order chi connectivity index (χ1) is 12.9. The molecule has 0 aliphatic carbocycles. The molecule has 0 aliphatic rings. The van der Waals surface area contributed by atoms with Crippen molar-refractivity contribution in [2.75, 3.05) is 7.11 Å². The smallest absolute Gasteiger partial charge is 0.408 e. The van der Waals surface area contributed by atoms with Gasteiger partial charge >= 0.3 is 12.1 Å². The van der Waals surface area contributed by atoms with Crippen LogP contribution in [0.4, 0.5) is 4.79 Å². The van der Waals surface area contributed by atoms with E-state index in [1.165, 1.54) is 7.11 Å². The number of ether oxygens (including phenoxy) is 2. The molecule has 0 aromatic heterocycles. The minimum atomic E-state index is -0.779. The highest BCUT2D eigenvalue weighted by Crippen LogP contribution is 2.08. The summed E-state index contributed by atoms with van der Waals surface area (Å²) in [5.41, 5.74) is 0.854. The van der Waals surface area contributed by atoms with Crippen LogP contribution in [0.5, 0.6) is 0 Å². The molecule has 1 aromatic carbocycles. The first kappa shape index (κ1) is 22.5. The molecule has 0 unspecified atom stereocenters. The molecule has 0 spiro atoms. The standard InChI is InChI=1S/C20H30N2O5/c1-5-6-12-16(18(23)22-17(14(2)3)19(24)26-4)21-20(25)27-13-15-10-8-7-9-11-15/h7-11,14,16-17H,5-6,12-13H2,1-4H3,(H,21,25)(H,22,23)/t16-,17+/m0/s1. The highest BCUT2D eigenvalue weighted by molar-refractivity contribution is 5.89. The third-order valence-corrected chi connectivity index (χ3v) is 4.09. The van der Waals surface area contributed by atoms with Gasteiger partial charge in [0.15, 0.2) is 0 Å². The van der Waals surface area contributed by atoms with Crippen LogP contribution in [-0.2, 0) is 25.7 Å². The summed E-state index contributed by atoms with van der Waals surface area (Å²) in [6.07, 6.45) is 1.40. The Morgan fingerprint density at radius 2 is 1.74 bits per heavy atom. The molecule has 1 rings (SSSR count). The van der Waals surface area contributed by atoms with Crippen molar-refractivity contribution in [1.82, 2.24) is 10.6 Å². The Labute approximate surface area is 160 Å². The van der Waals surface area contributed by atoms with Crippen molar-refractivity contribution >= 4 is 18.0 Å². The zero-order chi connectivity index (χ0) is 20.2. The zero-order valence-electron chi connectivity index (χ0n) is 16.5. The molecule has 0 saturated carbocycles. The number of carbonyl (C=O) groups is 3. The van der Waals surface area contributed by atoms with Crippen molar-refractivity contribution in [2.24, 2.45) is 5.92 Å². The maximum Gasteiger partial charge on any atom is 0.408 e. The third kappa shape index (κ3) is 8.11. The van der Waals surface area contributed by atoms with Crippen molar-refractivity contribution in [2.45, 2.75) is 58.7 Å². The van der Waals surface area contributed by atoms with E-state index < -0.39 is 30.1 Å². The molecule has 0 bridgehead atoms. The monoisotopic (exact) mass is 378 g/mol. The molecule has 2 atom stereocenters. The van der Waals surface area contributed by atoms with Crippen LogP contribution in [0.25, 0.3) is 0 Å². The van der Waals surface area contributed by atoms with Crippen LogP contribution in [-0.4, -0.2) is 37.2 Å². The maximum atomic E-state index is 12.6. The maximum absolute atomic E-state index is 12.6. The second kappa shape index (κ2) is 11.9. The van der Waals surface area contributed by atoms with Crippen molar-refractivity contribution < 1.29 is 23.9 Å². The van der Waals surface area contributed by atoms with E-state index in [2.05, 4.69) is 10.6 Å². The molecule has 150 valence electrons. The Hall–Kier alpha value is -2.57. The summed E-state index contributed by atoms with van der Waals surface area (Å²) >= 11 is 0. The van der Waals surface area contributed by atoms with Crippen molar-refractivity contribution in [1.29, 1.82) is 0 Å². The van der Waals surface area contributed by atoms with E-state index in [1.807, 2.05) is 51.1 Å². The summed E-state index contributed by atoms with van der Waals surface area (Å²) in [5.74, 6) is -1.08. The SMILES string of the molecule is CCCC[C@H](NC(=O)OCc1ccccc1)C(=O)N[C@@H](C(=O)OC)C(C)C. The van der Waals surface area contributed by atoms with Gasteiger partial charge in [-0.3, -0.25) is 4.79 Å². The van der Waals surface area contributed by atoms with Gasteiger partial charge in [0.1, 0.15) is 18.7 Å². The highest BCUT2D eigenvalue weighted by atomic mass is 16.5. The van der Waals surface area contributed by atoms with Gasteiger partial charge < -0.3 is 20.1 Å². The summed E-state index contributed by atoms with van der Waals surface area (Å²) in [7, 11) is 1.28. The number of methoxy groups -OCH3 is 1. The third-order valence-electron chi connectivity index (χ3n) is 4.09. The van der Waals surface area contributed by atoms with E-state index in [4.69, 9.17) is 9.47 Å². The van der Waals surface area contributed by atoms with E-state index in [0.717, 1.165) is 18.4 Å². The van der Waals surface area contributed by atoms with Gasteiger partial charge in [0.25, 0.3) is 0 Å². The summed E-state index contributed by atoms with van der Waals surface area (Å²) in [6.45, 7) is 5.73. The number of unbranched alkanes of at least 4 members (excludes halogenated alkanes) is 1. The van der Waals surface area contributed by atoms with E-state index in [9.17, 15) is 14.4 Å². The quantitative estimate of drug-likeness (QED) is 0.611.